The third-order valence-corrected chi connectivity index (χ3v) is 3.46. The van der Waals surface area contributed by atoms with E-state index in [2.05, 4.69) is 30.4 Å². The van der Waals surface area contributed by atoms with E-state index in [9.17, 15) is 4.79 Å². The van der Waals surface area contributed by atoms with Crippen LogP contribution in [0.1, 0.15) is 24.0 Å². The second kappa shape index (κ2) is 6.68. The molecule has 0 aliphatic carbocycles. The van der Waals surface area contributed by atoms with E-state index in [-0.39, 0.29) is 18.1 Å². The highest BCUT2D eigenvalue weighted by atomic mass is 16.5. The lowest BCUT2D eigenvalue weighted by molar-refractivity contribution is -0.131. The maximum atomic E-state index is 11.9. The van der Waals surface area contributed by atoms with Gasteiger partial charge in [0.1, 0.15) is 6.10 Å². The molecule has 0 saturated carbocycles. The van der Waals surface area contributed by atoms with Gasteiger partial charge in [-0.1, -0.05) is 29.8 Å². The van der Waals surface area contributed by atoms with E-state index in [1.807, 2.05) is 6.07 Å². The minimum absolute atomic E-state index is 0.0106. The minimum atomic E-state index is -0.314. The molecule has 19 heavy (non-hydrogen) atoms. The fourth-order valence-corrected chi connectivity index (χ4v) is 2.38. The summed E-state index contributed by atoms with van der Waals surface area (Å²) < 4.78 is 5.56. The normalized spacial score (nSPS) is 22.4. The standard InChI is InChI=1S/C15H22N2O2/c1-11-3-2-4-12(9-11)7-8-17-15(18)14-6-5-13(10-16)19-14/h2-4,9,13-14H,5-8,10,16H2,1H3,(H,17,18)/t13-,14+/m1/s1. The van der Waals surface area contributed by atoms with Gasteiger partial charge >= 0.3 is 0 Å². The van der Waals surface area contributed by atoms with E-state index in [4.69, 9.17) is 10.5 Å². The van der Waals surface area contributed by atoms with E-state index in [0.29, 0.717) is 13.1 Å². The molecule has 0 bridgehead atoms. The Hall–Kier alpha value is -1.39. The zero-order chi connectivity index (χ0) is 13.7. The fourth-order valence-electron chi connectivity index (χ4n) is 2.38. The Kier molecular flexibility index (Phi) is 4.93. The maximum Gasteiger partial charge on any atom is 0.249 e. The van der Waals surface area contributed by atoms with Crippen molar-refractivity contribution in [2.24, 2.45) is 5.73 Å². The first-order valence-electron chi connectivity index (χ1n) is 6.88. The summed E-state index contributed by atoms with van der Waals surface area (Å²) in [4.78, 5) is 11.9. The van der Waals surface area contributed by atoms with Crippen LogP contribution in [0.15, 0.2) is 24.3 Å². The van der Waals surface area contributed by atoms with Gasteiger partial charge in [0.25, 0.3) is 0 Å². The maximum absolute atomic E-state index is 11.9. The molecule has 0 radical (unpaired) electrons. The summed E-state index contributed by atoms with van der Waals surface area (Å²) in [5.74, 6) is -0.0106. The van der Waals surface area contributed by atoms with Gasteiger partial charge in [-0.3, -0.25) is 4.79 Å². The van der Waals surface area contributed by atoms with Gasteiger partial charge in [0, 0.05) is 13.1 Å². The first-order chi connectivity index (χ1) is 9.19. The van der Waals surface area contributed by atoms with Crippen LogP contribution in [0.3, 0.4) is 0 Å². The van der Waals surface area contributed by atoms with E-state index < -0.39 is 0 Å². The monoisotopic (exact) mass is 262 g/mol. The number of ether oxygens (including phenoxy) is 1. The SMILES string of the molecule is Cc1cccc(CCNC(=O)[C@@H]2CC[C@H](CN)O2)c1. The zero-order valence-electron chi connectivity index (χ0n) is 11.4. The van der Waals surface area contributed by atoms with Gasteiger partial charge in [0.15, 0.2) is 0 Å². The predicted molar refractivity (Wildman–Crippen MR) is 74.8 cm³/mol. The largest absolute Gasteiger partial charge is 0.364 e. The number of amides is 1. The van der Waals surface area contributed by atoms with Crippen molar-refractivity contribution in [3.63, 3.8) is 0 Å². The molecule has 104 valence electrons. The van der Waals surface area contributed by atoms with Gasteiger partial charge < -0.3 is 15.8 Å². The summed E-state index contributed by atoms with van der Waals surface area (Å²) in [6.45, 7) is 3.21. The molecule has 1 aromatic carbocycles. The molecule has 0 unspecified atom stereocenters. The Labute approximate surface area is 114 Å². The van der Waals surface area contributed by atoms with Crippen molar-refractivity contribution >= 4 is 5.91 Å². The average molecular weight is 262 g/mol. The number of hydrogen-bond donors (Lipinski definition) is 2. The number of carbonyl (C=O) groups excluding carboxylic acids is 1. The third-order valence-electron chi connectivity index (χ3n) is 3.46. The lowest BCUT2D eigenvalue weighted by atomic mass is 10.1. The molecule has 1 saturated heterocycles. The van der Waals surface area contributed by atoms with E-state index in [0.717, 1.165) is 19.3 Å². The molecule has 2 atom stereocenters. The van der Waals surface area contributed by atoms with Crippen LogP contribution in [0.2, 0.25) is 0 Å². The van der Waals surface area contributed by atoms with Crippen LogP contribution < -0.4 is 11.1 Å². The lowest BCUT2D eigenvalue weighted by Gasteiger charge is -2.12. The molecule has 4 heteroatoms. The van der Waals surface area contributed by atoms with E-state index in [1.54, 1.807) is 0 Å². The van der Waals surface area contributed by atoms with E-state index >= 15 is 0 Å². The topological polar surface area (TPSA) is 64.4 Å². The third kappa shape index (κ3) is 4.04. The second-order valence-corrected chi connectivity index (χ2v) is 5.09. The predicted octanol–water partition coefficient (Wildman–Crippen LogP) is 1.16. The van der Waals surface area contributed by atoms with Crippen LogP contribution >= 0.6 is 0 Å². The molecular formula is C15H22N2O2. The zero-order valence-corrected chi connectivity index (χ0v) is 11.4. The molecular weight excluding hydrogens is 240 g/mol. The molecule has 0 spiro atoms. The highest BCUT2D eigenvalue weighted by molar-refractivity contribution is 5.81. The van der Waals surface area contributed by atoms with Crippen molar-refractivity contribution in [2.75, 3.05) is 13.1 Å². The smallest absolute Gasteiger partial charge is 0.249 e. The number of benzene rings is 1. The number of nitrogens with two attached hydrogens (primary N) is 1. The minimum Gasteiger partial charge on any atom is -0.364 e. The number of hydrogen-bond acceptors (Lipinski definition) is 3. The van der Waals surface area contributed by atoms with Crippen molar-refractivity contribution in [3.05, 3.63) is 35.4 Å². The number of nitrogens with one attached hydrogen (secondary N) is 1. The Morgan fingerprint density at radius 3 is 3.00 bits per heavy atom. The molecule has 1 heterocycles. The Balaban J connectivity index is 1.72. The molecule has 2 rings (SSSR count). The van der Waals surface area contributed by atoms with Gasteiger partial charge in [0.2, 0.25) is 5.91 Å². The number of carbonyl (C=O) groups is 1. The van der Waals surface area contributed by atoms with Crippen LogP contribution in [0, 0.1) is 6.92 Å². The molecule has 1 aliphatic heterocycles. The van der Waals surface area contributed by atoms with Crippen molar-refractivity contribution in [3.8, 4) is 0 Å². The molecule has 3 N–H and O–H groups in total. The van der Waals surface area contributed by atoms with Crippen LogP contribution in [-0.2, 0) is 16.0 Å². The molecule has 1 aromatic rings. The van der Waals surface area contributed by atoms with Crippen LogP contribution in [-0.4, -0.2) is 31.2 Å². The molecule has 1 aliphatic rings. The quantitative estimate of drug-likeness (QED) is 0.837. The van der Waals surface area contributed by atoms with Gasteiger partial charge in [-0.25, -0.2) is 0 Å². The summed E-state index contributed by atoms with van der Waals surface area (Å²) in [6, 6.07) is 8.33. The molecule has 0 aromatic heterocycles. The van der Waals surface area contributed by atoms with Crippen LogP contribution in [0.25, 0.3) is 0 Å². The van der Waals surface area contributed by atoms with Crippen LogP contribution in [0.4, 0.5) is 0 Å². The van der Waals surface area contributed by atoms with Crippen molar-refractivity contribution < 1.29 is 9.53 Å². The summed E-state index contributed by atoms with van der Waals surface area (Å²) in [7, 11) is 0. The lowest BCUT2D eigenvalue weighted by Crippen LogP contribution is -2.36. The van der Waals surface area contributed by atoms with Gasteiger partial charge in [-0.2, -0.15) is 0 Å². The Bertz CT molecular complexity index is 434. The first kappa shape index (κ1) is 14.0. The Morgan fingerprint density at radius 2 is 2.32 bits per heavy atom. The van der Waals surface area contributed by atoms with Gasteiger partial charge in [-0.05, 0) is 31.7 Å². The highest BCUT2D eigenvalue weighted by Gasteiger charge is 2.29. The summed E-state index contributed by atoms with van der Waals surface area (Å²) in [5, 5.41) is 2.93. The summed E-state index contributed by atoms with van der Waals surface area (Å²) >= 11 is 0. The highest BCUT2D eigenvalue weighted by Crippen LogP contribution is 2.18. The molecule has 4 nitrogen and oxygen atoms in total. The van der Waals surface area contributed by atoms with Crippen molar-refractivity contribution in [1.29, 1.82) is 0 Å². The molecule has 1 fully saturated rings. The first-order valence-corrected chi connectivity index (χ1v) is 6.88. The van der Waals surface area contributed by atoms with Gasteiger partial charge in [0.05, 0.1) is 6.10 Å². The van der Waals surface area contributed by atoms with Crippen LogP contribution in [0.5, 0.6) is 0 Å². The number of aryl methyl sites for hydroxylation is 1. The van der Waals surface area contributed by atoms with E-state index in [1.165, 1.54) is 11.1 Å². The van der Waals surface area contributed by atoms with Crippen molar-refractivity contribution in [2.45, 2.75) is 38.4 Å². The summed E-state index contributed by atoms with van der Waals surface area (Å²) in [5.41, 5.74) is 8.02. The number of rotatable bonds is 5. The van der Waals surface area contributed by atoms with Gasteiger partial charge in [-0.15, -0.1) is 0 Å². The molecule has 1 amide bonds. The second-order valence-electron chi connectivity index (χ2n) is 5.09. The summed E-state index contributed by atoms with van der Waals surface area (Å²) in [6.07, 6.45) is 2.24. The van der Waals surface area contributed by atoms with Crippen molar-refractivity contribution in [1.82, 2.24) is 5.32 Å². The average Bonchev–Trinajstić information content (AvgIpc) is 2.87. The fraction of sp³-hybridized carbons (Fsp3) is 0.533. The Morgan fingerprint density at radius 1 is 1.47 bits per heavy atom.